The van der Waals surface area contributed by atoms with E-state index < -0.39 is 0 Å². The predicted octanol–water partition coefficient (Wildman–Crippen LogP) is 7.08. The topological polar surface area (TPSA) is 57.3 Å². The van der Waals surface area contributed by atoms with Gasteiger partial charge in [0.15, 0.2) is 0 Å². The van der Waals surface area contributed by atoms with Crippen molar-refractivity contribution >= 4 is 27.5 Å². The standard InChI is InChI=1S/C32H26N5O.Pt/c1-32(2,3)23-12-13-34-31(17-23)37-29-11-8-22(20-33)16-28(29)27-10-9-26(19-30(27)37)38-25-7-5-6-24(18-25)36-15-14-35(4)21-36;/h5-17,21H,1-4H3;/q-3;. The molecule has 39 heavy (non-hydrogen) atoms. The molecule has 5 aromatic rings. The number of fused-ring (bicyclic) bond motifs is 3. The third kappa shape index (κ3) is 5.03. The number of pyridine rings is 1. The third-order valence-electron chi connectivity index (χ3n) is 6.64. The zero-order valence-electron chi connectivity index (χ0n) is 22.0. The minimum Gasteiger partial charge on any atom is -0.510 e. The van der Waals surface area contributed by atoms with Crippen molar-refractivity contribution in [2.75, 3.05) is 11.9 Å². The molecule has 0 amide bonds. The van der Waals surface area contributed by atoms with Gasteiger partial charge in [0.2, 0.25) is 0 Å². The first-order valence-corrected chi connectivity index (χ1v) is 12.4. The molecular formula is C32H26N5OPt-3. The van der Waals surface area contributed by atoms with E-state index in [2.05, 4.69) is 55.7 Å². The van der Waals surface area contributed by atoms with Crippen LogP contribution in [0.4, 0.5) is 5.69 Å². The summed E-state index contributed by atoms with van der Waals surface area (Å²) >= 11 is 0. The fourth-order valence-electron chi connectivity index (χ4n) is 4.66. The molecule has 7 heteroatoms. The van der Waals surface area contributed by atoms with Gasteiger partial charge in [-0.15, -0.1) is 41.4 Å². The molecule has 6 rings (SSSR count). The number of ether oxygens (including phenoxy) is 1. The van der Waals surface area contributed by atoms with Crippen LogP contribution in [0.25, 0.3) is 27.6 Å². The van der Waals surface area contributed by atoms with Crippen LogP contribution in [0.3, 0.4) is 0 Å². The van der Waals surface area contributed by atoms with E-state index in [9.17, 15) is 5.26 Å². The van der Waals surface area contributed by atoms with Crippen molar-refractivity contribution in [1.82, 2.24) is 14.5 Å². The van der Waals surface area contributed by atoms with Crippen LogP contribution in [0.1, 0.15) is 31.9 Å². The minimum atomic E-state index is -0.0277. The molecule has 0 fully saturated rings. The van der Waals surface area contributed by atoms with Crippen molar-refractivity contribution in [3.05, 3.63) is 109 Å². The molecule has 0 spiro atoms. The molecule has 0 radical (unpaired) electrons. The van der Waals surface area contributed by atoms with Crippen LogP contribution in [-0.4, -0.2) is 21.5 Å². The predicted molar refractivity (Wildman–Crippen MR) is 150 cm³/mol. The Hall–Kier alpha value is -4.07. The molecule has 3 aromatic carbocycles. The van der Waals surface area contributed by atoms with Gasteiger partial charge in [0.05, 0.1) is 11.6 Å². The number of hydrogen-bond donors (Lipinski definition) is 0. The van der Waals surface area contributed by atoms with Gasteiger partial charge in [0, 0.05) is 44.3 Å². The summed E-state index contributed by atoms with van der Waals surface area (Å²) in [5.41, 5.74) is 4.44. The van der Waals surface area contributed by atoms with E-state index in [4.69, 9.17) is 9.72 Å². The summed E-state index contributed by atoms with van der Waals surface area (Å²) in [6, 6.07) is 28.7. The van der Waals surface area contributed by atoms with E-state index in [1.807, 2.05) is 90.6 Å². The second-order valence-electron chi connectivity index (χ2n) is 10.4. The molecule has 6 nitrogen and oxygen atoms in total. The zero-order valence-corrected chi connectivity index (χ0v) is 24.3. The normalized spacial score (nSPS) is 13.1. The van der Waals surface area contributed by atoms with E-state index in [1.54, 1.807) is 0 Å². The van der Waals surface area contributed by atoms with Crippen LogP contribution >= 0.6 is 0 Å². The van der Waals surface area contributed by atoms with Gasteiger partial charge in [0.1, 0.15) is 5.82 Å². The zero-order chi connectivity index (χ0) is 26.4. The Morgan fingerprint density at radius 2 is 1.77 bits per heavy atom. The van der Waals surface area contributed by atoms with Gasteiger partial charge < -0.3 is 19.1 Å². The van der Waals surface area contributed by atoms with Gasteiger partial charge >= 0.3 is 0 Å². The van der Waals surface area contributed by atoms with E-state index in [-0.39, 0.29) is 26.5 Å². The molecule has 0 bridgehead atoms. The number of hydrogen-bond acceptors (Lipinski definition) is 5. The van der Waals surface area contributed by atoms with Gasteiger partial charge in [-0.3, -0.25) is 0 Å². The molecular weight excluding hydrogens is 665 g/mol. The molecule has 198 valence electrons. The van der Waals surface area contributed by atoms with Gasteiger partial charge in [-0.2, -0.15) is 24.1 Å². The summed E-state index contributed by atoms with van der Waals surface area (Å²) < 4.78 is 8.34. The SMILES string of the molecule is CN1C=CN(c2[c-]c(Oc3[c-]c4c(cc3)c3cc(C#N)ccc3n4-c3cc(C(C)(C)C)ccn3)ccc2)[CH-]1.[Pt]. The van der Waals surface area contributed by atoms with Gasteiger partial charge in [0.25, 0.3) is 0 Å². The molecule has 2 aromatic heterocycles. The van der Waals surface area contributed by atoms with Crippen LogP contribution < -0.4 is 9.64 Å². The third-order valence-corrected chi connectivity index (χ3v) is 6.64. The summed E-state index contributed by atoms with van der Waals surface area (Å²) in [5, 5.41) is 11.5. The second-order valence-corrected chi connectivity index (χ2v) is 10.4. The fourth-order valence-corrected chi connectivity index (χ4v) is 4.66. The van der Waals surface area contributed by atoms with Crippen LogP contribution in [0.15, 0.2) is 79.3 Å². The largest absolute Gasteiger partial charge is 0.510 e. The summed E-state index contributed by atoms with van der Waals surface area (Å²) in [7, 11) is 1.98. The van der Waals surface area contributed by atoms with Crippen molar-refractivity contribution in [2.24, 2.45) is 0 Å². The Balaban J connectivity index is 0.00000308. The number of nitrogens with zero attached hydrogens (tertiary/aromatic N) is 5. The van der Waals surface area contributed by atoms with E-state index in [1.165, 1.54) is 5.56 Å². The van der Waals surface area contributed by atoms with Crippen molar-refractivity contribution in [1.29, 1.82) is 5.26 Å². The quantitative estimate of drug-likeness (QED) is 0.189. The minimum absolute atomic E-state index is 0. The monoisotopic (exact) mass is 691 g/mol. The van der Waals surface area contributed by atoms with E-state index in [0.717, 1.165) is 33.3 Å². The van der Waals surface area contributed by atoms with E-state index >= 15 is 0 Å². The van der Waals surface area contributed by atoms with Gasteiger partial charge in [-0.1, -0.05) is 26.3 Å². The molecule has 0 unspecified atom stereocenters. The Kier molecular flexibility index (Phi) is 6.97. The number of nitriles is 1. The second kappa shape index (κ2) is 10.2. The molecule has 1 aliphatic rings. The van der Waals surface area contributed by atoms with Crippen molar-refractivity contribution < 1.29 is 25.8 Å². The summed E-state index contributed by atoms with van der Waals surface area (Å²) in [5.74, 6) is 1.96. The first-order chi connectivity index (χ1) is 18.3. The molecule has 0 atom stereocenters. The number of anilines is 1. The van der Waals surface area contributed by atoms with Gasteiger partial charge in [-0.05, 0) is 66.1 Å². The summed E-state index contributed by atoms with van der Waals surface area (Å²) in [6.07, 6.45) is 5.79. The Morgan fingerprint density at radius 1 is 0.949 bits per heavy atom. The molecule has 1 aliphatic heterocycles. The van der Waals surface area contributed by atoms with Crippen LogP contribution in [-0.2, 0) is 26.5 Å². The molecule has 0 saturated heterocycles. The van der Waals surface area contributed by atoms with Crippen molar-refractivity contribution in [3.8, 4) is 23.4 Å². The Labute approximate surface area is 243 Å². The molecule has 0 N–H and O–H groups in total. The maximum atomic E-state index is 9.53. The number of benzene rings is 3. The smallest absolute Gasteiger partial charge is 0.135 e. The average molecular weight is 692 g/mol. The van der Waals surface area contributed by atoms with Gasteiger partial charge in [-0.25, -0.2) is 4.98 Å². The maximum absolute atomic E-state index is 9.53. The van der Waals surface area contributed by atoms with Crippen LogP contribution in [0.2, 0.25) is 0 Å². The maximum Gasteiger partial charge on any atom is 0.135 e. The van der Waals surface area contributed by atoms with E-state index in [0.29, 0.717) is 17.1 Å². The van der Waals surface area contributed by atoms with Crippen LogP contribution in [0, 0.1) is 30.1 Å². The first kappa shape index (κ1) is 26.5. The summed E-state index contributed by atoms with van der Waals surface area (Å²) in [4.78, 5) is 8.68. The average Bonchev–Trinajstić information content (AvgIpc) is 3.49. The molecule has 0 saturated carbocycles. The van der Waals surface area contributed by atoms with Crippen molar-refractivity contribution in [3.63, 3.8) is 0 Å². The van der Waals surface area contributed by atoms with Crippen LogP contribution in [0.5, 0.6) is 11.5 Å². The molecule has 0 aliphatic carbocycles. The first-order valence-electron chi connectivity index (χ1n) is 12.4. The Morgan fingerprint density at radius 3 is 2.51 bits per heavy atom. The van der Waals surface area contributed by atoms with Crippen molar-refractivity contribution in [2.45, 2.75) is 26.2 Å². The Bertz CT molecular complexity index is 1760. The number of aromatic nitrogens is 2. The fraction of sp³-hybridized carbons (Fsp3) is 0.156. The summed E-state index contributed by atoms with van der Waals surface area (Å²) in [6.45, 7) is 8.54. The molecule has 3 heterocycles. The number of rotatable bonds is 4.